The normalized spacial score (nSPS) is 12.5. The summed E-state index contributed by atoms with van der Waals surface area (Å²) in [5.74, 6) is -0.158. The third kappa shape index (κ3) is 3.75. The van der Waals surface area contributed by atoms with Gasteiger partial charge in [-0.3, -0.25) is 4.79 Å². The Morgan fingerprint density at radius 3 is 3.00 bits per heavy atom. The maximum Gasteiger partial charge on any atom is 0.305 e. The lowest BCUT2D eigenvalue weighted by molar-refractivity contribution is -0.140. The van der Waals surface area contributed by atoms with Crippen LogP contribution in [0.3, 0.4) is 0 Å². The summed E-state index contributed by atoms with van der Waals surface area (Å²) >= 11 is 1.71. The summed E-state index contributed by atoms with van der Waals surface area (Å²) in [5.41, 5.74) is 1.05. The predicted octanol–water partition coefficient (Wildman–Crippen LogP) is 2.90. The lowest BCUT2D eigenvalue weighted by Crippen LogP contribution is -2.20. The molecule has 1 aromatic carbocycles. The van der Waals surface area contributed by atoms with E-state index < -0.39 is 0 Å². The van der Waals surface area contributed by atoms with E-state index in [0.29, 0.717) is 6.42 Å². The van der Waals surface area contributed by atoms with E-state index in [1.165, 1.54) is 11.8 Å². The fourth-order valence-corrected chi connectivity index (χ4v) is 2.81. The van der Waals surface area contributed by atoms with Gasteiger partial charge in [0.2, 0.25) is 0 Å². The number of carbonyl (C=O) groups excluding carboxylic acids is 1. The molecule has 1 N–H and O–H groups in total. The van der Waals surface area contributed by atoms with Crippen LogP contribution in [0, 0.1) is 0 Å². The molecule has 1 aromatic heterocycles. The second kappa shape index (κ2) is 6.63. The summed E-state index contributed by atoms with van der Waals surface area (Å²) in [5, 5.41) is 4.46. The van der Waals surface area contributed by atoms with E-state index >= 15 is 0 Å². The monoisotopic (exact) mass is 278 g/mol. The molecule has 0 spiro atoms. The van der Waals surface area contributed by atoms with Crippen molar-refractivity contribution in [1.29, 1.82) is 0 Å². The van der Waals surface area contributed by atoms with Crippen LogP contribution in [-0.4, -0.2) is 24.6 Å². The van der Waals surface area contributed by atoms with Gasteiger partial charge in [-0.05, 0) is 32.0 Å². The van der Waals surface area contributed by atoms with Gasteiger partial charge in [-0.1, -0.05) is 12.1 Å². The molecule has 0 saturated heterocycles. The minimum Gasteiger partial charge on any atom is -0.469 e. The first-order valence-electron chi connectivity index (χ1n) is 6.36. The number of methoxy groups -OCH3 is 1. The van der Waals surface area contributed by atoms with E-state index in [4.69, 9.17) is 0 Å². The van der Waals surface area contributed by atoms with Crippen LogP contribution in [-0.2, 0) is 9.53 Å². The Labute approximate surface area is 116 Å². The summed E-state index contributed by atoms with van der Waals surface area (Å²) in [4.78, 5) is 15.6. The van der Waals surface area contributed by atoms with Gasteiger partial charge in [-0.25, -0.2) is 4.98 Å². The largest absolute Gasteiger partial charge is 0.469 e. The highest BCUT2D eigenvalue weighted by molar-refractivity contribution is 7.18. The van der Waals surface area contributed by atoms with Crippen LogP contribution in [0.5, 0.6) is 0 Å². The first-order valence-corrected chi connectivity index (χ1v) is 7.18. The maximum absolute atomic E-state index is 11.0. The summed E-state index contributed by atoms with van der Waals surface area (Å²) in [6.45, 7) is 2.88. The Balaban J connectivity index is 1.85. The average Bonchev–Trinajstić information content (AvgIpc) is 2.87. The Bertz CT molecular complexity index is 520. The molecule has 0 bridgehead atoms. The van der Waals surface area contributed by atoms with Crippen molar-refractivity contribution in [3.8, 4) is 0 Å². The first kappa shape index (κ1) is 14.0. The smallest absolute Gasteiger partial charge is 0.305 e. The topological polar surface area (TPSA) is 51.2 Å². The van der Waals surface area contributed by atoms with Crippen LogP contribution in [0.4, 0.5) is 0 Å². The van der Waals surface area contributed by atoms with E-state index in [-0.39, 0.29) is 12.0 Å². The van der Waals surface area contributed by atoms with E-state index in [9.17, 15) is 4.79 Å². The predicted molar refractivity (Wildman–Crippen MR) is 77.3 cm³/mol. The second-order valence-electron chi connectivity index (χ2n) is 4.38. The lowest BCUT2D eigenvalue weighted by atomic mass is 10.3. The lowest BCUT2D eigenvalue weighted by Gasteiger charge is -2.10. The molecule has 0 aliphatic heterocycles. The van der Waals surface area contributed by atoms with E-state index in [1.807, 2.05) is 18.2 Å². The molecule has 2 aromatic rings. The average molecular weight is 278 g/mol. The maximum atomic E-state index is 11.0. The van der Waals surface area contributed by atoms with Crippen molar-refractivity contribution in [2.45, 2.75) is 25.8 Å². The minimum absolute atomic E-state index is 0.158. The number of thiazole rings is 1. The van der Waals surface area contributed by atoms with Crippen molar-refractivity contribution >= 4 is 27.5 Å². The van der Waals surface area contributed by atoms with E-state index in [2.05, 4.69) is 28.0 Å². The van der Waals surface area contributed by atoms with Crippen LogP contribution >= 0.6 is 11.3 Å². The van der Waals surface area contributed by atoms with Crippen LogP contribution in [0.1, 0.15) is 30.8 Å². The molecule has 0 saturated carbocycles. The standard InChI is InChI=1S/C14H18N2O2S/c1-10(15-9-5-8-13(17)18-2)14-16-11-6-3-4-7-12(11)19-14/h3-4,6-7,10,15H,5,8-9H2,1-2H3. The van der Waals surface area contributed by atoms with Gasteiger partial charge in [0.1, 0.15) is 5.01 Å². The molecule has 102 valence electrons. The van der Waals surface area contributed by atoms with Crippen molar-refractivity contribution in [3.05, 3.63) is 29.3 Å². The van der Waals surface area contributed by atoms with Crippen LogP contribution in [0.2, 0.25) is 0 Å². The molecule has 1 unspecified atom stereocenters. The highest BCUT2D eigenvalue weighted by Crippen LogP contribution is 2.25. The van der Waals surface area contributed by atoms with Gasteiger partial charge in [0.25, 0.3) is 0 Å². The number of hydrogen-bond acceptors (Lipinski definition) is 5. The number of aromatic nitrogens is 1. The summed E-state index contributed by atoms with van der Waals surface area (Å²) in [6.07, 6.45) is 1.23. The number of nitrogens with one attached hydrogen (secondary N) is 1. The molecule has 0 aliphatic rings. The van der Waals surface area contributed by atoms with Crippen LogP contribution < -0.4 is 5.32 Å². The molecule has 19 heavy (non-hydrogen) atoms. The number of fused-ring (bicyclic) bond motifs is 1. The molecule has 0 aliphatic carbocycles. The quantitative estimate of drug-likeness (QED) is 0.652. The molecule has 1 atom stereocenters. The van der Waals surface area contributed by atoms with Crippen molar-refractivity contribution < 1.29 is 9.53 Å². The van der Waals surface area contributed by atoms with E-state index in [0.717, 1.165) is 23.5 Å². The molecular formula is C14H18N2O2S. The Morgan fingerprint density at radius 1 is 1.47 bits per heavy atom. The van der Waals surface area contributed by atoms with Crippen LogP contribution in [0.25, 0.3) is 10.2 Å². The summed E-state index contributed by atoms with van der Waals surface area (Å²) < 4.78 is 5.81. The SMILES string of the molecule is COC(=O)CCCNC(C)c1nc2ccccc2s1. The molecule has 0 amide bonds. The fraction of sp³-hybridized carbons (Fsp3) is 0.429. The van der Waals surface area contributed by atoms with Crippen molar-refractivity contribution in [1.82, 2.24) is 10.3 Å². The number of carbonyl (C=O) groups is 1. The highest BCUT2D eigenvalue weighted by atomic mass is 32.1. The van der Waals surface area contributed by atoms with Crippen molar-refractivity contribution in [3.63, 3.8) is 0 Å². The van der Waals surface area contributed by atoms with Crippen molar-refractivity contribution in [2.75, 3.05) is 13.7 Å². The zero-order valence-electron chi connectivity index (χ0n) is 11.2. The third-order valence-electron chi connectivity index (χ3n) is 2.92. The number of para-hydroxylation sites is 1. The van der Waals surface area contributed by atoms with Gasteiger partial charge in [-0.15, -0.1) is 11.3 Å². The van der Waals surface area contributed by atoms with Gasteiger partial charge < -0.3 is 10.1 Å². The molecule has 5 heteroatoms. The zero-order chi connectivity index (χ0) is 13.7. The molecule has 0 radical (unpaired) electrons. The van der Waals surface area contributed by atoms with E-state index in [1.54, 1.807) is 11.3 Å². The number of benzene rings is 1. The van der Waals surface area contributed by atoms with Gasteiger partial charge in [0.05, 0.1) is 23.4 Å². The first-order chi connectivity index (χ1) is 9.20. The molecule has 1 heterocycles. The third-order valence-corrected chi connectivity index (χ3v) is 4.14. The number of rotatable bonds is 6. The summed E-state index contributed by atoms with van der Waals surface area (Å²) in [7, 11) is 1.42. The highest BCUT2D eigenvalue weighted by Gasteiger charge is 2.10. The van der Waals surface area contributed by atoms with Gasteiger partial charge in [0, 0.05) is 6.42 Å². The molecule has 0 fully saturated rings. The molecular weight excluding hydrogens is 260 g/mol. The molecule has 2 rings (SSSR count). The number of nitrogens with zero attached hydrogens (tertiary/aromatic N) is 1. The Morgan fingerprint density at radius 2 is 2.26 bits per heavy atom. The van der Waals surface area contributed by atoms with Gasteiger partial charge >= 0.3 is 5.97 Å². The van der Waals surface area contributed by atoms with Crippen molar-refractivity contribution in [2.24, 2.45) is 0 Å². The van der Waals surface area contributed by atoms with Crippen LogP contribution in [0.15, 0.2) is 24.3 Å². The number of esters is 1. The second-order valence-corrected chi connectivity index (χ2v) is 5.44. The van der Waals surface area contributed by atoms with Gasteiger partial charge in [0.15, 0.2) is 0 Å². The zero-order valence-corrected chi connectivity index (χ0v) is 12.0. The minimum atomic E-state index is -0.158. The Kier molecular flexibility index (Phi) is 4.87. The molecule has 4 nitrogen and oxygen atoms in total. The fourth-order valence-electron chi connectivity index (χ4n) is 1.82. The Hall–Kier alpha value is -1.46. The van der Waals surface area contributed by atoms with Gasteiger partial charge in [-0.2, -0.15) is 0 Å². The number of ether oxygens (including phenoxy) is 1. The number of hydrogen-bond donors (Lipinski definition) is 1. The summed E-state index contributed by atoms with van der Waals surface area (Å²) in [6, 6.07) is 8.34.